The topological polar surface area (TPSA) is 105 Å². The highest BCUT2D eigenvalue weighted by molar-refractivity contribution is 7.91. The fourth-order valence-electron chi connectivity index (χ4n) is 1.55. The number of rotatable bonds is 7. The molecule has 0 aromatic heterocycles. The molecule has 0 atom stereocenters. The van der Waals surface area contributed by atoms with Crippen LogP contribution in [0.25, 0.3) is 0 Å². The van der Waals surface area contributed by atoms with Crippen molar-refractivity contribution >= 4 is 21.5 Å². The van der Waals surface area contributed by atoms with Crippen LogP contribution in [0.4, 0.5) is 5.69 Å². The highest BCUT2D eigenvalue weighted by atomic mass is 32.2. The Balaban J connectivity index is 2.83. The number of hydrogen-bond donors (Lipinski definition) is 1. The Kier molecular flexibility index (Phi) is 5.83. The summed E-state index contributed by atoms with van der Waals surface area (Å²) in [6.07, 6.45) is 0. The molecule has 0 unspecified atom stereocenters. The lowest BCUT2D eigenvalue weighted by molar-refractivity contribution is 0.0530. The third-order valence-electron chi connectivity index (χ3n) is 2.84. The fraction of sp³-hybridized carbons (Fsp3) is 0.462. The number of nitrogens with two attached hydrogens (primary N) is 1. The number of carbonyl (C=O) groups is 1. The highest BCUT2D eigenvalue weighted by Crippen LogP contribution is 2.32. The summed E-state index contributed by atoms with van der Waals surface area (Å²) in [7, 11) is -0.307. The largest absolute Gasteiger partial charge is 0.493 e. The molecule has 0 aliphatic heterocycles. The van der Waals surface area contributed by atoms with Crippen LogP contribution in [0.15, 0.2) is 12.1 Å². The molecule has 1 aromatic rings. The molecule has 0 saturated heterocycles. The normalized spacial score (nSPS) is 11.0. The molecule has 1 rings (SSSR count). The molecule has 0 fully saturated rings. The molecule has 7 nitrogen and oxygen atoms in total. The minimum absolute atomic E-state index is 0.00302. The van der Waals surface area contributed by atoms with E-state index in [-0.39, 0.29) is 29.4 Å². The van der Waals surface area contributed by atoms with Crippen molar-refractivity contribution in [2.45, 2.75) is 6.92 Å². The van der Waals surface area contributed by atoms with Gasteiger partial charge in [-0.05, 0) is 0 Å². The van der Waals surface area contributed by atoms with Crippen molar-refractivity contribution in [1.82, 2.24) is 0 Å². The Labute approximate surface area is 123 Å². The first-order valence-electron chi connectivity index (χ1n) is 6.23. The molecule has 0 bridgehead atoms. The number of ether oxygens (including phenoxy) is 3. The number of nitrogen functional groups attached to an aromatic ring is 1. The van der Waals surface area contributed by atoms with Gasteiger partial charge >= 0.3 is 5.97 Å². The summed E-state index contributed by atoms with van der Waals surface area (Å²) < 4.78 is 37.7. The SMILES string of the molecule is CCS(=O)(=O)CCOC(=O)c1cc(OC)c(OC)cc1N. The van der Waals surface area contributed by atoms with E-state index in [1.54, 1.807) is 0 Å². The van der Waals surface area contributed by atoms with Crippen LogP contribution < -0.4 is 15.2 Å². The summed E-state index contributed by atoms with van der Waals surface area (Å²) in [6.45, 7) is 1.31. The van der Waals surface area contributed by atoms with Crippen LogP contribution >= 0.6 is 0 Å². The summed E-state index contributed by atoms with van der Waals surface area (Å²) in [5.41, 5.74) is 6.01. The maximum atomic E-state index is 11.9. The molecule has 8 heteroatoms. The molecule has 0 radical (unpaired) electrons. The molecule has 21 heavy (non-hydrogen) atoms. The van der Waals surface area contributed by atoms with E-state index >= 15 is 0 Å². The van der Waals surface area contributed by atoms with Crippen molar-refractivity contribution < 1.29 is 27.4 Å². The molecule has 0 amide bonds. The van der Waals surface area contributed by atoms with E-state index in [0.29, 0.717) is 11.5 Å². The number of anilines is 1. The van der Waals surface area contributed by atoms with Crippen LogP contribution in [-0.4, -0.2) is 46.7 Å². The highest BCUT2D eigenvalue weighted by Gasteiger charge is 2.17. The average Bonchev–Trinajstić information content (AvgIpc) is 2.46. The van der Waals surface area contributed by atoms with Gasteiger partial charge in [-0.15, -0.1) is 0 Å². The van der Waals surface area contributed by atoms with Crippen molar-refractivity contribution in [3.63, 3.8) is 0 Å². The molecule has 118 valence electrons. The van der Waals surface area contributed by atoms with Crippen molar-refractivity contribution in [1.29, 1.82) is 0 Å². The molecular formula is C13H19NO6S. The van der Waals surface area contributed by atoms with Gasteiger partial charge in [0.2, 0.25) is 0 Å². The quantitative estimate of drug-likeness (QED) is 0.588. The van der Waals surface area contributed by atoms with E-state index in [1.807, 2.05) is 0 Å². The maximum Gasteiger partial charge on any atom is 0.340 e. The van der Waals surface area contributed by atoms with Crippen LogP contribution in [0.1, 0.15) is 17.3 Å². The average molecular weight is 317 g/mol. The van der Waals surface area contributed by atoms with Crippen molar-refractivity contribution in [3.8, 4) is 11.5 Å². The molecule has 0 saturated carbocycles. The first-order chi connectivity index (χ1) is 9.84. The zero-order chi connectivity index (χ0) is 16.0. The maximum absolute atomic E-state index is 11.9. The van der Waals surface area contributed by atoms with Crippen LogP contribution in [0.3, 0.4) is 0 Å². The molecular weight excluding hydrogens is 298 g/mol. The number of hydrogen-bond acceptors (Lipinski definition) is 7. The fourth-order valence-corrected chi connectivity index (χ4v) is 2.18. The van der Waals surface area contributed by atoms with E-state index in [1.165, 1.54) is 33.3 Å². The third-order valence-corrected chi connectivity index (χ3v) is 4.51. The minimum atomic E-state index is -3.18. The van der Waals surface area contributed by atoms with Gasteiger partial charge in [0.1, 0.15) is 6.61 Å². The summed E-state index contributed by atoms with van der Waals surface area (Å²) >= 11 is 0. The van der Waals surface area contributed by atoms with E-state index in [9.17, 15) is 13.2 Å². The minimum Gasteiger partial charge on any atom is -0.493 e. The zero-order valence-corrected chi connectivity index (χ0v) is 13.0. The monoisotopic (exact) mass is 317 g/mol. The number of methoxy groups -OCH3 is 2. The molecule has 2 N–H and O–H groups in total. The first kappa shape index (κ1) is 17.1. The third kappa shape index (κ3) is 4.52. The van der Waals surface area contributed by atoms with Gasteiger partial charge in [-0.1, -0.05) is 6.92 Å². The van der Waals surface area contributed by atoms with Gasteiger partial charge in [0.25, 0.3) is 0 Å². The Hall–Kier alpha value is -1.96. The Bertz CT molecular complexity index is 611. The summed E-state index contributed by atoms with van der Waals surface area (Å²) in [6, 6.07) is 2.84. The van der Waals surface area contributed by atoms with E-state index in [2.05, 4.69) is 0 Å². The summed E-state index contributed by atoms with van der Waals surface area (Å²) in [5.74, 6) is -0.203. The van der Waals surface area contributed by atoms with Crippen LogP contribution in [-0.2, 0) is 14.6 Å². The number of carbonyl (C=O) groups excluding carboxylic acids is 1. The van der Waals surface area contributed by atoms with E-state index in [0.717, 1.165) is 0 Å². The molecule has 1 aromatic carbocycles. The van der Waals surface area contributed by atoms with Crippen LogP contribution in [0.2, 0.25) is 0 Å². The van der Waals surface area contributed by atoms with E-state index < -0.39 is 15.8 Å². The Morgan fingerprint density at radius 2 is 1.76 bits per heavy atom. The van der Waals surface area contributed by atoms with Gasteiger partial charge in [-0.25, -0.2) is 13.2 Å². The number of esters is 1. The Morgan fingerprint density at radius 1 is 1.19 bits per heavy atom. The van der Waals surface area contributed by atoms with Gasteiger partial charge in [-0.2, -0.15) is 0 Å². The lowest BCUT2D eigenvalue weighted by Crippen LogP contribution is -2.17. The first-order valence-corrected chi connectivity index (χ1v) is 8.05. The van der Waals surface area contributed by atoms with Crippen LogP contribution in [0, 0.1) is 0 Å². The molecule has 0 aliphatic rings. The van der Waals surface area contributed by atoms with Crippen molar-refractivity contribution in [2.75, 3.05) is 38.1 Å². The lowest BCUT2D eigenvalue weighted by Gasteiger charge is -2.12. The second-order valence-electron chi connectivity index (χ2n) is 4.17. The van der Waals surface area contributed by atoms with Crippen molar-refractivity contribution in [2.24, 2.45) is 0 Å². The predicted molar refractivity (Wildman–Crippen MR) is 78.6 cm³/mol. The molecule has 0 spiro atoms. The lowest BCUT2D eigenvalue weighted by atomic mass is 10.1. The Morgan fingerprint density at radius 3 is 2.29 bits per heavy atom. The summed E-state index contributed by atoms with van der Waals surface area (Å²) in [4.78, 5) is 11.9. The van der Waals surface area contributed by atoms with Gasteiger partial charge in [-0.3, -0.25) is 0 Å². The van der Waals surface area contributed by atoms with Crippen LogP contribution in [0.5, 0.6) is 11.5 Å². The van der Waals surface area contributed by atoms with E-state index in [4.69, 9.17) is 19.9 Å². The van der Waals surface area contributed by atoms with Gasteiger partial charge in [0.05, 0.1) is 31.2 Å². The van der Waals surface area contributed by atoms with Gasteiger partial charge < -0.3 is 19.9 Å². The molecule has 0 aliphatic carbocycles. The zero-order valence-electron chi connectivity index (χ0n) is 12.2. The molecule has 0 heterocycles. The predicted octanol–water partition coefficient (Wildman–Crippen LogP) is 0.877. The van der Waals surface area contributed by atoms with Gasteiger partial charge in [0, 0.05) is 17.9 Å². The van der Waals surface area contributed by atoms with Gasteiger partial charge in [0.15, 0.2) is 21.3 Å². The second kappa shape index (κ2) is 7.16. The standard InChI is InChI=1S/C13H19NO6S/c1-4-21(16,17)6-5-20-13(15)9-7-11(18-2)12(19-3)8-10(9)14/h7-8H,4-6,14H2,1-3H3. The smallest absolute Gasteiger partial charge is 0.340 e. The van der Waals surface area contributed by atoms with Crippen molar-refractivity contribution in [3.05, 3.63) is 17.7 Å². The summed E-state index contributed by atoms with van der Waals surface area (Å²) in [5, 5.41) is 0. The number of benzene rings is 1. The second-order valence-corrected chi connectivity index (χ2v) is 6.64. The number of sulfone groups is 1.